The van der Waals surface area contributed by atoms with Crippen LogP contribution in [0.4, 0.5) is 5.69 Å². The Labute approximate surface area is 161 Å². The lowest BCUT2D eigenvalue weighted by atomic mass is 10.1. The molecular weight excluding hydrogens is 362 g/mol. The van der Waals surface area contributed by atoms with Crippen molar-refractivity contribution in [2.45, 2.75) is 13.8 Å². The van der Waals surface area contributed by atoms with E-state index in [9.17, 15) is 4.79 Å². The average Bonchev–Trinajstić information content (AvgIpc) is 3.35. The number of piperazine rings is 1. The molecule has 1 aliphatic rings. The van der Waals surface area contributed by atoms with Crippen LogP contribution in [0.5, 0.6) is 0 Å². The molecule has 1 amide bonds. The van der Waals surface area contributed by atoms with Crippen LogP contribution in [0.1, 0.15) is 21.6 Å². The van der Waals surface area contributed by atoms with Gasteiger partial charge in [0.05, 0.1) is 0 Å². The maximum Gasteiger partial charge on any atom is 0.273 e. The van der Waals surface area contributed by atoms with Gasteiger partial charge in [-0.05, 0) is 42.5 Å². The van der Waals surface area contributed by atoms with Gasteiger partial charge in [0.25, 0.3) is 5.91 Å². The number of nitrogens with zero attached hydrogens (tertiary/aromatic N) is 3. The predicted molar refractivity (Wildman–Crippen MR) is 109 cm³/mol. The van der Waals surface area contributed by atoms with Crippen LogP contribution in [-0.2, 0) is 0 Å². The number of thiazole rings is 1. The van der Waals surface area contributed by atoms with Gasteiger partial charge in [0.15, 0.2) is 0 Å². The van der Waals surface area contributed by atoms with Crippen molar-refractivity contribution in [2.24, 2.45) is 0 Å². The van der Waals surface area contributed by atoms with Crippen molar-refractivity contribution in [3.63, 3.8) is 0 Å². The summed E-state index contributed by atoms with van der Waals surface area (Å²) in [5.41, 5.74) is 5.58. The lowest BCUT2D eigenvalue weighted by Crippen LogP contribution is -2.49. The highest BCUT2D eigenvalue weighted by Crippen LogP contribution is 2.27. The number of amides is 1. The van der Waals surface area contributed by atoms with Gasteiger partial charge in [-0.15, -0.1) is 11.3 Å². The molecule has 0 unspecified atom stereocenters. The summed E-state index contributed by atoms with van der Waals surface area (Å²) in [6, 6.07) is 8.47. The van der Waals surface area contributed by atoms with Crippen molar-refractivity contribution in [1.29, 1.82) is 0 Å². The van der Waals surface area contributed by atoms with Crippen molar-refractivity contribution in [2.75, 3.05) is 31.1 Å². The van der Waals surface area contributed by atoms with Crippen molar-refractivity contribution in [3.05, 3.63) is 57.2 Å². The molecule has 0 aliphatic carbocycles. The molecule has 4 rings (SSSR count). The second kappa shape index (κ2) is 7.21. The topological polar surface area (TPSA) is 36.4 Å². The molecule has 0 saturated carbocycles. The minimum Gasteiger partial charge on any atom is -0.368 e. The third-order valence-corrected chi connectivity index (χ3v) is 6.55. The van der Waals surface area contributed by atoms with E-state index < -0.39 is 0 Å². The molecule has 2 aromatic heterocycles. The van der Waals surface area contributed by atoms with E-state index in [1.807, 2.05) is 21.7 Å². The van der Waals surface area contributed by atoms with Crippen LogP contribution >= 0.6 is 22.7 Å². The normalized spacial score (nSPS) is 14.7. The second-order valence-electron chi connectivity index (χ2n) is 6.55. The van der Waals surface area contributed by atoms with Crippen LogP contribution in [-0.4, -0.2) is 42.0 Å². The minimum absolute atomic E-state index is 0.0448. The number of aromatic nitrogens is 1. The zero-order chi connectivity index (χ0) is 18.1. The summed E-state index contributed by atoms with van der Waals surface area (Å²) < 4.78 is 0. The fraction of sp³-hybridized carbons (Fsp3) is 0.300. The van der Waals surface area contributed by atoms with Crippen LogP contribution in [0.25, 0.3) is 10.6 Å². The highest BCUT2D eigenvalue weighted by molar-refractivity contribution is 7.14. The van der Waals surface area contributed by atoms with Crippen LogP contribution in [0.3, 0.4) is 0 Å². The second-order valence-corrected chi connectivity index (χ2v) is 8.19. The minimum atomic E-state index is 0.0448. The molecule has 1 aliphatic heterocycles. The number of hydrogen-bond acceptors (Lipinski definition) is 5. The van der Waals surface area contributed by atoms with E-state index >= 15 is 0 Å². The van der Waals surface area contributed by atoms with Gasteiger partial charge in [-0.2, -0.15) is 11.3 Å². The number of hydrogen-bond donors (Lipinski definition) is 0. The summed E-state index contributed by atoms with van der Waals surface area (Å²) in [5.74, 6) is 0.0448. The first-order valence-corrected chi connectivity index (χ1v) is 10.5. The Hall–Kier alpha value is -2.18. The fourth-order valence-electron chi connectivity index (χ4n) is 3.28. The smallest absolute Gasteiger partial charge is 0.273 e. The number of aryl methyl sites for hydroxylation is 1. The van der Waals surface area contributed by atoms with Crippen molar-refractivity contribution in [3.8, 4) is 10.6 Å². The predicted octanol–water partition coefficient (Wildman–Crippen LogP) is 4.45. The van der Waals surface area contributed by atoms with Gasteiger partial charge >= 0.3 is 0 Å². The number of rotatable bonds is 3. The van der Waals surface area contributed by atoms with Crippen LogP contribution < -0.4 is 4.90 Å². The number of carbonyl (C=O) groups is 1. The molecule has 4 nitrogen and oxygen atoms in total. The van der Waals surface area contributed by atoms with Crippen LogP contribution in [0.15, 0.2) is 40.4 Å². The Morgan fingerprint density at radius 3 is 2.62 bits per heavy atom. The molecule has 1 saturated heterocycles. The van der Waals surface area contributed by atoms with Gasteiger partial charge in [0.1, 0.15) is 10.7 Å². The standard InChI is InChI=1S/C20H21N3OS2/c1-14-4-3-5-18(15(14)2)22-7-9-23(10-8-22)20(24)17-13-26-19(21-17)16-6-11-25-12-16/h3-6,11-13H,7-10H2,1-2H3. The molecular formula is C20H21N3OS2. The summed E-state index contributed by atoms with van der Waals surface area (Å²) in [6.45, 7) is 7.50. The summed E-state index contributed by atoms with van der Waals surface area (Å²) in [7, 11) is 0. The molecule has 0 spiro atoms. The molecule has 134 valence electrons. The van der Waals surface area contributed by atoms with E-state index in [1.54, 1.807) is 11.3 Å². The Morgan fingerprint density at radius 2 is 1.88 bits per heavy atom. The molecule has 26 heavy (non-hydrogen) atoms. The SMILES string of the molecule is Cc1cccc(N2CCN(C(=O)c3csc(-c4ccsc4)n3)CC2)c1C. The van der Waals surface area contributed by atoms with E-state index in [1.165, 1.54) is 28.2 Å². The Morgan fingerprint density at radius 1 is 1.08 bits per heavy atom. The van der Waals surface area contributed by atoms with Crippen molar-refractivity contribution in [1.82, 2.24) is 9.88 Å². The molecule has 3 aromatic rings. The highest BCUT2D eigenvalue weighted by Gasteiger charge is 2.25. The van der Waals surface area contributed by atoms with E-state index in [2.05, 4.69) is 47.3 Å². The molecule has 0 atom stereocenters. The van der Waals surface area contributed by atoms with Crippen LogP contribution in [0.2, 0.25) is 0 Å². The number of benzene rings is 1. The Kier molecular flexibility index (Phi) is 4.78. The molecule has 1 aromatic carbocycles. The fourth-order valence-corrected chi connectivity index (χ4v) is 4.79. The summed E-state index contributed by atoms with van der Waals surface area (Å²) >= 11 is 3.18. The summed E-state index contributed by atoms with van der Waals surface area (Å²) in [4.78, 5) is 21.7. The number of carbonyl (C=O) groups excluding carboxylic acids is 1. The summed E-state index contributed by atoms with van der Waals surface area (Å²) in [6.07, 6.45) is 0. The zero-order valence-electron chi connectivity index (χ0n) is 14.9. The average molecular weight is 384 g/mol. The van der Waals surface area contributed by atoms with E-state index in [0.717, 1.165) is 36.8 Å². The third kappa shape index (κ3) is 3.27. The van der Waals surface area contributed by atoms with Gasteiger partial charge in [0.2, 0.25) is 0 Å². The Balaban J connectivity index is 1.43. The van der Waals surface area contributed by atoms with Crippen molar-refractivity contribution < 1.29 is 4.79 Å². The summed E-state index contributed by atoms with van der Waals surface area (Å²) in [5, 5.41) is 6.90. The maximum absolute atomic E-state index is 12.8. The lowest BCUT2D eigenvalue weighted by molar-refractivity contribution is 0.0742. The molecule has 0 bridgehead atoms. The first-order valence-electron chi connectivity index (χ1n) is 8.72. The maximum atomic E-state index is 12.8. The molecule has 0 N–H and O–H groups in total. The van der Waals surface area contributed by atoms with Crippen molar-refractivity contribution >= 4 is 34.3 Å². The molecule has 1 fully saturated rings. The van der Waals surface area contributed by atoms with E-state index in [4.69, 9.17) is 0 Å². The van der Waals surface area contributed by atoms with E-state index in [-0.39, 0.29) is 5.91 Å². The molecule has 6 heteroatoms. The first-order chi connectivity index (χ1) is 12.6. The molecule has 0 radical (unpaired) electrons. The monoisotopic (exact) mass is 383 g/mol. The zero-order valence-corrected chi connectivity index (χ0v) is 16.6. The number of thiophene rings is 1. The highest BCUT2D eigenvalue weighted by atomic mass is 32.1. The first kappa shape index (κ1) is 17.2. The quantitative estimate of drug-likeness (QED) is 0.670. The van der Waals surface area contributed by atoms with Crippen LogP contribution in [0, 0.1) is 13.8 Å². The molecule has 3 heterocycles. The largest absolute Gasteiger partial charge is 0.368 e. The lowest BCUT2D eigenvalue weighted by Gasteiger charge is -2.36. The van der Waals surface area contributed by atoms with E-state index in [0.29, 0.717) is 5.69 Å². The van der Waals surface area contributed by atoms with Gasteiger partial charge in [0, 0.05) is 48.2 Å². The Bertz CT molecular complexity index is 909. The van der Waals surface area contributed by atoms with Gasteiger partial charge in [-0.25, -0.2) is 4.98 Å². The number of anilines is 1. The van der Waals surface area contributed by atoms with Gasteiger partial charge < -0.3 is 9.80 Å². The third-order valence-electron chi connectivity index (χ3n) is 4.98. The van der Waals surface area contributed by atoms with Gasteiger partial charge in [-0.3, -0.25) is 4.79 Å². The van der Waals surface area contributed by atoms with Gasteiger partial charge in [-0.1, -0.05) is 12.1 Å².